The van der Waals surface area contributed by atoms with E-state index in [0.29, 0.717) is 33.0 Å². The Balaban J connectivity index is 1.37. The van der Waals surface area contributed by atoms with Crippen molar-refractivity contribution in [3.05, 3.63) is 23.8 Å². The molecule has 1 aliphatic heterocycles. The third-order valence-electron chi connectivity index (χ3n) is 6.51. The van der Waals surface area contributed by atoms with Crippen molar-refractivity contribution in [2.75, 3.05) is 32.3 Å². The molecule has 7 heteroatoms. The first-order valence-electron chi connectivity index (χ1n) is 10.3. The first-order valence-corrected chi connectivity index (χ1v) is 12.2. The molecule has 0 amide bonds. The molecular formula is C22H28O5S2. The number of hydrogen-bond donors (Lipinski definition) is 0. The van der Waals surface area contributed by atoms with E-state index in [1.165, 1.54) is 37.9 Å². The maximum atomic E-state index is 12.8. The molecule has 158 valence electrons. The van der Waals surface area contributed by atoms with Gasteiger partial charge in [0.05, 0.1) is 29.8 Å². The van der Waals surface area contributed by atoms with Crippen LogP contribution in [0, 0.1) is 17.8 Å². The van der Waals surface area contributed by atoms with E-state index in [1.807, 2.05) is 0 Å². The molecule has 2 saturated carbocycles. The van der Waals surface area contributed by atoms with Crippen LogP contribution in [0.3, 0.4) is 0 Å². The van der Waals surface area contributed by atoms with Crippen LogP contribution in [0.4, 0.5) is 0 Å². The van der Waals surface area contributed by atoms with Gasteiger partial charge < -0.3 is 14.2 Å². The number of rotatable bonds is 6. The number of methoxy groups -OCH3 is 2. The van der Waals surface area contributed by atoms with E-state index in [2.05, 4.69) is 23.5 Å². The summed E-state index contributed by atoms with van der Waals surface area (Å²) in [6, 6.07) is 5.02. The maximum Gasteiger partial charge on any atom is 0.309 e. The molecule has 3 atom stereocenters. The quantitative estimate of drug-likeness (QED) is 0.483. The average Bonchev–Trinajstić information content (AvgIpc) is 3.20. The lowest BCUT2D eigenvalue weighted by atomic mass is 9.67. The predicted molar refractivity (Wildman–Crippen MR) is 116 cm³/mol. The fourth-order valence-corrected chi connectivity index (χ4v) is 9.10. The number of Topliss-reactive ketones (excluding diaryl/α,β-unsaturated/α-hetero) is 1. The summed E-state index contributed by atoms with van der Waals surface area (Å²) in [6.07, 6.45) is 5.49. The highest BCUT2D eigenvalue weighted by molar-refractivity contribution is 8.21. The molecule has 0 aromatic heterocycles. The van der Waals surface area contributed by atoms with Crippen molar-refractivity contribution < 1.29 is 23.8 Å². The van der Waals surface area contributed by atoms with Gasteiger partial charge in [-0.2, -0.15) is 0 Å². The van der Waals surface area contributed by atoms with Gasteiger partial charge >= 0.3 is 5.97 Å². The Bertz CT molecular complexity index is 758. The predicted octanol–water partition coefficient (Wildman–Crippen LogP) is 4.43. The summed E-state index contributed by atoms with van der Waals surface area (Å²) in [5, 5.41) is 0. The number of ether oxygens (including phenoxy) is 3. The molecule has 3 fully saturated rings. The fourth-order valence-electron chi connectivity index (χ4n) is 5.16. The van der Waals surface area contributed by atoms with Gasteiger partial charge in [-0.05, 0) is 49.7 Å². The third-order valence-corrected chi connectivity index (χ3v) is 10.5. The zero-order valence-electron chi connectivity index (χ0n) is 17.0. The average molecular weight is 437 g/mol. The smallest absolute Gasteiger partial charge is 0.309 e. The van der Waals surface area contributed by atoms with Crippen molar-refractivity contribution in [2.24, 2.45) is 17.8 Å². The van der Waals surface area contributed by atoms with Crippen LogP contribution in [-0.4, -0.2) is 48.2 Å². The summed E-state index contributed by atoms with van der Waals surface area (Å²) >= 11 is 4.25. The van der Waals surface area contributed by atoms with Crippen LogP contribution in [0.15, 0.2) is 18.2 Å². The van der Waals surface area contributed by atoms with E-state index in [9.17, 15) is 9.59 Å². The zero-order valence-corrected chi connectivity index (χ0v) is 18.6. The molecule has 2 bridgehead atoms. The Hall–Kier alpha value is -1.34. The number of hydrogen-bond acceptors (Lipinski definition) is 7. The second-order valence-corrected chi connectivity index (χ2v) is 11.0. The molecule has 1 spiro atoms. The van der Waals surface area contributed by atoms with Crippen LogP contribution >= 0.6 is 23.5 Å². The topological polar surface area (TPSA) is 61.8 Å². The molecule has 5 nitrogen and oxygen atoms in total. The third kappa shape index (κ3) is 4.00. The maximum absolute atomic E-state index is 12.8. The van der Waals surface area contributed by atoms with E-state index in [4.69, 9.17) is 14.2 Å². The Kier molecular flexibility index (Phi) is 6.35. The van der Waals surface area contributed by atoms with Gasteiger partial charge in [0.2, 0.25) is 5.78 Å². The monoisotopic (exact) mass is 436 g/mol. The molecule has 4 rings (SSSR count). The largest absolute Gasteiger partial charge is 0.497 e. The summed E-state index contributed by atoms with van der Waals surface area (Å²) < 4.78 is 16.3. The standard InChI is InChI=1S/C22H28O5S2/c1-25-17-6-7-18(20(12-17)26-2)19(23)13-27-21(24)14-10-15-4-3-5-16(11-14)22(15)28-8-9-29-22/h6-7,12,14-16H,3-5,8-11,13H2,1-2H3/t14?,15-,16+. The summed E-state index contributed by atoms with van der Waals surface area (Å²) in [5.74, 6) is 4.11. The van der Waals surface area contributed by atoms with Gasteiger partial charge in [0.25, 0.3) is 0 Å². The summed E-state index contributed by atoms with van der Waals surface area (Å²) in [4.78, 5) is 25.4. The van der Waals surface area contributed by atoms with Crippen LogP contribution in [0.5, 0.6) is 11.5 Å². The number of carbonyl (C=O) groups excluding carboxylic acids is 2. The molecule has 3 aliphatic rings. The van der Waals surface area contributed by atoms with Crippen molar-refractivity contribution in [3.63, 3.8) is 0 Å². The fraction of sp³-hybridized carbons (Fsp3) is 0.636. The van der Waals surface area contributed by atoms with E-state index in [-0.39, 0.29) is 24.3 Å². The van der Waals surface area contributed by atoms with Crippen LogP contribution < -0.4 is 9.47 Å². The highest BCUT2D eigenvalue weighted by Crippen LogP contribution is 2.64. The summed E-state index contributed by atoms with van der Waals surface area (Å²) in [5.41, 5.74) is 0.402. The van der Waals surface area contributed by atoms with Crippen molar-refractivity contribution >= 4 is 35.3 Å². The highest BCUT2D eigenvalue weighted by atomic mass is 32.2. The van der Waals surface area contributed by atoms with Crippen LogP contribution in [-0.2, 0) is 9.53 Å². The van der Waals surface area contributed by atoms with E-state index < -0.39 is 0 Å². The molecule has 2 aliphatic carbocycles. The number of benzene rings is 1. The Morgan fingerprint density at radius 1 is 1.07 bits per heavy atom. The molecule has 0 N–H and O–H groups in total. The summed E-state index contributed by atoms with van der Waals surface area (Å²) in [7, 11) is 3.07. The minimum Gasteiger partial charge on any atom is -0.497 e. The minimum absolute atomic E-state index is 0.0803. The molecule has 1 unspecified atom stereocenters. The van der Waals surface area contributed by atoms with Crippen molar-refractivity contribution in [1.29, 1.82) is 0 Å². The number of carbonyl (C=O) groups is 2. The second kappa shape index (κ2) is 8.80. The van der Waals surface area contributed by atoms with E-state index in [1.54, 1.807) is 25.3 Å². The summed E-state index contributed by atoms with van der Waals surface area (Å²) in [6.45, 7) is -0.248. The van der Waals surface area contributed by atoms with Gasteiger partial charge in [-0.1, -0.05) is 6.42 Å². The van der Waals surface area contributed by atoms with Gasteiger partial charge in [0.1, 0.15) is 11.5 Å². The van der Waals surface area contributed by atoms with Gasteiger partial charge in [-0.15, -0.1) is 23.5 Å². The zero-order chi connectivity index (χ0) is 20.4. The lowest BCUT2D eigenvalue weighted by Crippen LogP contribution is -2.48. The first kappa shape index (κ1) is 20.9. The minimum atomic E-state index is -0.257. The normalized spacial score (nSPS) is 27.4. The van der Waals surface area contributed by atoms with Gasteiger partial charge in [-0.25, -0.2) is 0 Å². The lowest BCUT2D eigenvalue weighted by Gasteiger charge is -2.51. The first-order chi connectivity index (χ1) is 14.1. The highest BCUT2D eigenvalue weighted by Gasteiger charge is 2.55. The Labute approximate surface area is 180 Å². The Morgan fingerprint density at radius 2 is 1.76 bits per heavy atom. The number of thioether (sulfide) groups is 2. The second-order valence-electron chi connectivity index (χ2n) is 8.01. The number of esters is 1. The Morgan fingerprint density at radius 3 is 2.38 bits per heavy atom. The molecule has 1 aromatic carbocycles. The van der Waals surface area contributed by atoms with Crippen molar-refractivity contribution in [2.45, 2.75) is 36.2 Å². The molecule has 29 heavy (non-hydrogen) atoms. The van der Waals surface area contributed by atoms with E-state index >= 15 is 0 Å². The van der Waals surface area contributed by atoms with Crippen molar-refractivity contribution in [1.82, 2.24) is 0 Å². The van der Waals surface area contributed by atoms with Crippen LogP contribution in [0.2, 0.25) is 0 Å². The molecule has 1 saturated heterocycles. The molecule has 1 heterocycles. The van der Waals surface area contributed by atoms with Crippen LogP contribution in [0.25, 0.3) is 0 Å². The van der Waals surface area contributed by atoms with Gasteiger partial charge in [-0.3, -0.25) is 9.59 Å². The molecule has 1 aromatic rings. The molecule has 0 radical (unpaired) electrons. The van der Waals surface area contributed by atoms with Crippen LogP contribution in [0.1, 0.15) is 42.5 Å². The molecular weight excluding hydrogens is 408 g/mol. The van der Waals surface area contributed by atoms with E-state index in [0.717, 1.165) is 12.8 Å². The van der Waals surface area contributed by atoms with Gasteiger partial charge in [0, 0.05) is 17.6 Å². The lowest BCUT2D eigenvalue weighted by molar-refractivity contribution is -0.150. The number of ketones is 1. The SMILES string of the molecule is COc1ccc(C(=O)COC(=O)C2C[C@H]3CCC[C@@H](C2)C32SCCS2)c(OC)c1. The van der Waals surface area contributed by atoms with Crippen molar-refractivity contribution in [3.8, 4) is 11.5 Å². The van der Waals surface area contributed by atoms with Gasteiger partial charge in [0.15, 0.2) is 6.61 Å².